The summed E-state index contributed by atoms with van der Waals surface area (Å²) in [4.78, 5) is 0. The van der Waals surface area contributed by atoms with Crippen molar-refractivity contribution in [3.8, 4) is 66.8 Å². The lowest BCUT2D eigenvalue weighted by Gasteiger charge is -2.24. The molecule has 358 valence electrons. The Morgan fingerprint density at radius 3 is 0.987 bits per heavy atom. The number of benzene rings is 11. The summed E-state index contributed by atoms with van der Waals surface area (Å²) in [7, 11) is 0. The predicted octanol–water partition coefficient (Wildman–Crippen LogP) is 20.6. The third kappa shape index (κ3) is 5.37. The monoisotopic (exact) mass is 974 g/mol. The van der Waals surface area contributed by atoms with Gasteiger partial charge in [-0.15, -0.1) is 0 Å². The average Bonchev–Trinajstić information content (AvgIpc) is 4.42. The Labute approximate surface area is 437 Å². The number of fused-ring (bicyclic) bond motifs is 20. The molecule has 0 radical (unpaired) electrons. The van der Waals surface area contributed by atoms with Gasteiger partial charge in [-0.05, 0) is 92.0 Å². The topological polar surface area (TPSA) is 52.6 Å². The summed E-state index contributed by atoms with van der Waals surface area (Å²) >= 11 is 0. The van der Waals surface area contributed by atoms with Crippen LogP contribution in [0.2, 0.25) is 0 Å². The number of hydrogen-bond donors (Lipinski definition) is 0. The number of para-hydroxylation sites is 6. The molecule has 0 N–H and O–H groups in total. The van der Waals surface area contributed by atoms with Gasteiger partial charge >= 0.3 is 0 Å². The van der Waals surface area contributed by atoms with Gasteiger partial charge in [-0.25, -0.2) is 0 Å². The van der Waals surface area contributed by atoms with Gasteiger partial charge in [0.15, 0.2) is 0 Å². The molecule has 0 bridgehead atoms. The van der Waals surface area contributed by atoms with Gasteiger partial charge in [0, 0.05) is 87.3 Å². The van der Waals surface area contributed by atoms with Gasteiger partial charge in [-0.3, -0.25) is 0 Å². The van der Waals surface area contributed by atoms with Crippen LogP contribution in [0, 0.1) is 0 Å². The number of rotatable bonds is 4. The van der Waals surface area contributed by atoms with Crippen molar-refractivity contribution in [2.24, 2.45) is 0 Å². The van der Waals surface area contributed by atoms with Gasteiger partial charge in [0.05, 0.1) is 0 Å². The molecule has 17 rings (SSSR count). The molecule has 0 fully saturated rings. The number of furan rings is 4. The highest BCUT2D eigenvalue weighted by Gasteiger charge is 2.45. The molecule has 0 spiro atoms. The molecule has 0 atom stereocenters. The standard InChI is InChI=1S/C72H46O4/c1-71(2)55-37-54-56(38-53(55)63-57(71)35-51(61-49-23-11-13-33-59(49)73-69(61)63)47-31-17-29-45-43-27-15-25-41(65(43)75-67(45)47)39-19-7-5-8-20-39)72(3,4)58-36-52(62-50-24-12-14-34-60(50)74-70(62)64(54)58)48-32-18-30-46-44-28-16-26-42(66(44)76-68(46)48)40-21-9-6-10-22-40/h5-38H,1-4H3. The molecule has 15 aromatic rings. The maximum atomic E-state index is 7.18. The molecule has 11 aromatic carbocycles. The van der Waals surface area contributed by atoms with E-state index in [1.54, 1.807) is 0 Å². The van der Waals surface area contributed by atoms with Gasteiger partial charge in [-0.1, -0.05) is 198 Å². The molecule has 76 heavy (non-hydrogen) atoms. The summed E-state index contributed by atoms with van der Waals surface area (Å²) in [5, 5.41) is 8.77. The molecule has 0 saturated heterocycles. The summed E-state index contributed by atoms with van der Waals surface area (Å²) in [6.07, 6.45) is 0. The Bertz CT molecular complexity index is 4710. The lowest BCUT2D eigenvalue weighted by molar-refractivity contribution is 0.648. The Kier molecular flexibility index (Phi) is 8.12. The first-order valence-corrected chi connectivity index (χ1v) is 26.4. The van der Waals surface area contributed by atoms with Crippen LogP contribution in [0.15, 0.2) is 224 Å². The fraction of sp³-hybridized carbons (Fsp3) is 0.0833. The normalized spacial score (nSPS) is 14.3. The molecule has 4 heteroatoms. The predicted molar refractivity (Wildman–Crippen MR) is 312 cm³/mol. The molecular weight excluding hydrogens is 929 g/mol. The van der Waals surface area contributed by atoms with E-state index in [-0.39, 0.29) is 0 Å². The van der Waals surface area contributed by atoms with Crippen LogP contribution in [0.3, 0.4) is 0 Å². The van der Waals surface area contributed by atoms with E-state index in [9.17, 15) is 0 Å². The van der Waals surface area contributed by atoms with Crippen LogP contribution in [-0.2, 0) is 10.8 Å². The second-order valence-electron chi connectivity index (χ2n) is 22.2. The van der Waals surface area contributed by atoms with Crippen molar-refractivity contribution in [1.82, 2.24) is 0 Å². The molecule has 2 aliphatic carbocycles. The van der Waals surface area contributed by atoms with E-state index >= 15 is 0 Å². The first kappa shape index (κ1) is 42.0. The summed E-state index contributed by atoms with van der Waals surface area (Å²) in [5.74, 6) is 0. The zero-order chi connectivity index (χ0) is 50.3. The van der Waals surface area contributed by atoms with E-state index < -0.39 is 10.8 Å². The van der Waals surface area contributed by atoms with E-state index in [0.717, 1.165) is 143 Å². The van der Waals surface area contributed by atoms with E-state index in [1.165, 1.54) is 33.4 Å². The maximum Gasteiger partial charge on any atom is 0.144 e. The van der Waals surface area contributed by atoms with Crippen molar-refractivity contribution in [1.29, 1.82) is 0 Å². The van der Waals surface area contributed by atoms with Gasteiger partial charge in [-0.2, -0.15) is 0 Å². The minimum atomic E-state index is -0.404. The highest BCUT2D eigenvalue weighted by Crippen LogP contribution is 2.62. The minimum absolute atomic E-state index is 0.404. The molecule has 2 aliphatic rings. The Morgan fingerprint density at radius 1 is 0.250 bits per heavy atom. The van der Waals surface area contributed by atoms with Crippen LogP contribution in [0.1, 0.15) is 49.9 Å². The summed E-state index contributed by atoms with van der Waals surface area (Å²) < 4.78 is 28.6. The summed E-state index contributed by atoms with van der Waals surface area (Å²) in [6.45, 7) is 9.53. The van der Waals surface area contributed by atoms with Crippen molar-refractivity contribution in [3.05, 3.63) is 229 Å². The zero-order valence-corrected chi connectivity index (χ0v) is 42.3. The Hall–Kier alpha value is -9.38. The van der Waals surface area contributed by atoms with E-state index in [0.29, 0.717) is 0 Å². The van der Waals surface area contributed by atoms with E-state index in [2.05, 4.69) is 234 Å². The van der Waals surface area contributed by atoms with Gasteiger partial charge in [0.25, 0.3) is 0 Å². The van der Waals surface area contributed by atoms with Crippen molar-refractivity contribution >= 4 is 87.8 Å². The Balaban J connectivity index is 0.896. The lowest BCUT2D eigenvalue weighted by Crippen LogP contribution is -2.17. The molecule has 4 nitrogen and oxygen atoms in total. The van der Waals surface area contributed by atoms with Crippen LogP contribution < -0.4 is 0 Å². The van der Waals surface area contributed by atoms with Crippen molar-refractivity contribution < 1.29 is 17.7 Å². The van der Waals surface area contributed by atoms with Crippen LogP contribution in [0.5, 0.6) is 0 Å². The van der Waals surface area contributed by atoms with Crippen molar-refractivity contribution in [2.45, 2.75) is 38.5 Å². The quantitative estimate of drug-likeness (QED) is 0.176. The fourth-order valence-electron chi connectivity index (χ4n) is 13.8. The third-order valence-corrected chi connectivity index (χ3v) is 17.5. The Morgan fingerprint density at radius 2 is 0.579 bits per heavy atom. The zero-order valence-electron chi connectivity index (χ0n) is 42.3. The summed E-state index contributed by atoms with van der Waals surface area (Å²) in [6, 6.07) is 74.2. The molecular formula is C72H46O4. The minimum Gasteiger partial charge on any atom is -0.455 e. The van der Waals surface area contributed by atoms with E-state index in [1.807, 2.05) is 0 Å². The average molecular weight is 975 g/mol. The largest absolute Gasteiger partial charge is 0.455 e. The van der Waals surface area contributed by atoms with Crippen molar-refractivity contribution in [2.75, 3.05) is 0 Å². The van der Waals surface area contributed by atoms with Crippen LogP contribution in [0.4, 0.5) is 0 Å². The molecule has 4 aromatic heterocycles. The van der Waals surface area contributed by atoms with Gasteiger partial charge < -0.3 is 17.7 Å². The smallest absolute Gasteiger partial charge is 0.144 e. The number of hydrogen-bond acceptors (Lipinski definition) is 4. The van der Waals surface area contributed by atoms with Gasteiger partial charge in [0.2, 0.25) is 0 Å². The van der Waals surface area contributed by atoms with E-state index in [4.69, 9.17) is 17.7 Å². The van der Waals surface area contributed by atoms with Crippen LogP contribution >= 0.6 is 0 Å². The van der Waals surface area contributed by atoms with Crippen molar-refractivity contribution in [3.63, 3.8) is 0 Å². The molecule has 0 unspecified atom stereocenters. The second-order valence-corrected chi connectivity index (χ2v) is 22.2. The first-order valence-electron chi connectivity index (χ1n) is 26.4. The molecule has 0 amide bonds. The third-order valence-electron chi connectivity index (χ3n) is 17.5. The summed E-state index contributed by atoms with van der Waals surface area (Å²) in [5.41, 5.74) is 24.8. The highest BCUT2D eigenvalue weighted by molar-refractivity contribution is 6.24. The molecule has 0 aliphatic heterocycles. The second kappa shape index (κ2) is 14.7. The van der Waals surface area contributed by atoms with Gasteiger partial charge in [0.1, 0.15) is 44.7 Å². The maximum absolute atomic E-state index is 7.18. The SMILES string of the molecule is CC1(C)c2cc3c(cc2-c2c1cc(-c1cccc4c1oc1c(-c5ccccc5)cccc14)c1c2oc2ccccc21)C(C)(C)c1cc(-c2cccc4c2oc2c(-c5ccccc5)cccc24)c2c(oc4ccccc42)c1-3. The van der Waals surface area contributed by atoms with Crippen LogP contribution in [-0.4, -0.2) is 0 Å². The highest BCUT2D eigenvalue weighted by atomic mass is 16.3. The lowest BCUT2D eigenvalue weighted by atomic mass is 9.78. The molecule has 0 saturated carbocycles. The fourth-order valence-corrected chi connectivity index (χ4v) is 13.8. The first-order chi connectivity index (χ1) is 37.2. The molecule has 4 heterocycles. The van der Waals surface area contributed by atoms with Crippen LogP contribution in [0.25, 0.3) is 155 Å².